The highest BCUT2D eigenvalue weighted by Crippen LogP contribution is 2.29. The van der Waals surface area contributed by atoms with Gasteiger partial charge in [0.25, 0.3) is 0 Å². The van der Waals surface area contributed by atoms with Crippen LogP contribution in [0, 0.1) is 19.8 Å². The number of aromatic nitrogens is 1. The molecule has 190 valence electrons. The maximum atomic E-state index is 13.5. The number of ether oxygens (including phenoxy) is 1. The first-order chi connectivity index (χ1) is 17.3. The maximum Gasteiger partial charge on any atom is 0.248 e. The molecule has 9 heteroatoms. The number of piperidine rings is 1. The third-order valence-electron chi connectivity index (χ3n) is 6.41. The van der Waals surface area contributed by atoms with Crippen LogP contribution in [0.1, 0.15) is 41.0 Å². The molecule has 8 nitrogen and oxygen atoms in total. The van der Waals surface area contributed by atoms with E-state index in [9.17, 15) is 13.2 Å². The number of carbonyl (C=O) groups is 1. The zero-order chi connectivity index (χ0) is 25.7. The maximum absolute atomic E-state index is 13.5. The van der Waals surface area contributed by atoms with Crippen LogP contribution in [-0.4, -0.2) is 44.0 Å². The highest BCUT2D eigenvalue weighted by molar-refractivity contribution is 7.89. The minimum Gasteiger partial charge on any atom is -0.496 e. The average Bonchev–Trinajstić information content (AvgIpc) is 3.28. The summed E-state index contributed by atoms with van der Waals surface area (Å²) in [6, 6.07) is 15.4. The second kappa shape index (κ2) is 11.1. The third-order valence-corrected chi connectivity index (χ3v) is 8.46. The first-order valence-corrected chi connectivity index (χ1v) is 13.3. The van der Waals surface area contributed by atoms with Crippen molar-refractivity contribution in [2.75, 3.05) is 20.2 Å². The van der Waals surface area contributed by atoms with E-state index >= 15 is 0 Å². The Kier molecular flexibility index (Phi) is 7.91. The SMILES string of the molecule is COc1ccccc1CNC(=O)C1CCN(S(=O)(=O)c2c(C)noc2C=Cc2ccc(C)cc2)CC1. The number of hydrogen-bond acceptors (Lipinski definition) is 6. The van der Waals surface area contributed by atoms with E-state index in [1.54, 1.807) is 26.2 Å². The molecule has 0 radical (unpaired) electrons. The van der Waals surface area contributed by atoms with Crippen molar-refractivity contribution in [2.45, 2.75) is 38.1 Å². The molecule has 2 heterocycles. The first-order valence-electron chi connectivity index (χ1n) is 11.9. The standard InChI is InChI=1S/C27H31N3O5S/c1-19-8-10-21(11-9-19)12-13-25-26(20(2)29-35-25)36(32,33)30-16-14-22(15-17-30)27(31)28-18-23-6-4-5-7-24(23)34-3/h4-13,22H,14-18H2,1-3H3,(H,28,31). The number of sulfonamides is 1. The number of rotatable bonds is 8. The summed E-state index contributed by atoms with van der Waals surface area (Å²) >= 11 is 0. The molecule has 1 amide bonds. The zero-order valence-corrected chi connectivity index (χ0v) is 21.5. The molecule has 1 saturated heterocycles. The zero-order valence-electron chi connectivity index (χ0n) is 20.7. The molecule has 0 aliphatic carbocycles. The Morgan fingerprint density at radius 1 is 1.11 bits per heavy atom. The molecule has 0 spiro atoms. The molecule has 3 aromatic rings. The molecule has 1 aliphatic heterocycles. The van der Waals surface area contributed by atoms with Gasteiger partial charge in [-0.3, -0.25) is 4.79 Å². The second-order valence-electron chi connectivity index (χ2n) is 8.91. The van der Waals surface area contributed by atoms with Crippen molar-refractivity contribution in [3.8, 4) is 5.75 Å². The molecular formula is C27H31N3O5S. The molecule has 0 unspecified atom stereocenters. The van der Waals surface area contributed by atoms with Gasteiger partial charge < -0.3 is 14.6 Å². The topological polar surface area (TPSA) is 102 Å². The highest BCUT2D eigenvalue weighted by Gasteiger charge is 2.35. The predicted molar refractivity (Wildman–Crippen MR) is 138 cm³/mol. The van der Waals surface area contributed by atoms with Crippen LogP contribution in [0.2, 0.25) is 0 Å². The van der Waals surface area contributed by atoms with Crippen LogP contribution in [0.15, 0.2) is 57.9 Å². The Morgan fingerprint density at radius 3 is 2.50 bits per heavy atom. The second-order valence-corrected chi connectivity index (χ2v) is 10.8. The summed E-state index contributed by atoms with van der Waals surface area (Å²) in [5.41, 5.74) is 3.28. The molecular weight excluding hydrogens is 478 g/mol. The lowest BCUT2D eigenvalue weighted by atomic mass is 9.97. The Hall–Kier alpha value is -3.43. The van der Waals surface area contributed by atoms with E-state index in [1.165, 1.54) is 4.31 Å². The summed E-state index contributed by atoms with van der Waals surface area (Å²) in [5, 5.41) is 6.87. The van der Waals surface area contributed by atoms with Gasteiger partial charge in [0.15, 0.2) is 10.7 Å². The fourth-order valence-electron chi connectivity index (χ4n) is 4.31. The van der Waals surface area contributed by atoms with Gasteiger partial charge in [0.2, 0.25) is 15.9 Å². The Morgan fingerprint density at radius 2 is 1.81 bits per heavy atom. The Balaban J connectivity index is 1.40. The van der Waals surface area contributed by atoms with Gasteiger partial charge in [-0.15, -0.1) is 0 Å². The molecule has 36 heavy (non-hydrogen) atoms. The quantitative estimate of drug-likeness (QED) is 0.489. The lowest BCUT2D eigenvalue weighted by Gasteiger charge is -2.30. The van der Waals surface area contributed by atoms with E-state index in [-0.39, 0.29) is 35.6 Å². The molecule has 0 atom stereocenters. The number of aryl methyl sites for hydroxylation is 2. The largest absolute Gasteiger partial charge is 0.496 e. The van der Waals surface area contributed by atoms with E-state index in [0.717, 1.165) is 22.4 Å². The smallest absolute Gasteiger partial charge is 0.248 e. The minimum absolute atomic E-state index is 0.0740. The molecule has 1 N–H and O–H groups in total. The van der Waals surface area contributed by atoms with Crippen LogP contribution in [0.25, 0.3) is 12.2 Å². The third kappa shape index (κ3) is 5.68. The minimum atomic E-state index is -3.83. The molecule has 4 rings (SSSR count). The van der Waals surface area contributed by atoms with Gasteiger partial charge in [-0.05, 0) is 44.4 Å². The van der Waals surface area contributed by atoms with Gasteiger partial charge in [-0.1, -0.05) is 59.3 Å². The Bertz CT molecular complexity index is 1340. The van der Waals surface area contributed by atoms with Crippen molar-refractivity contribution >= 4 is 28.1 Å². The van der Waals surface area contributed by atoms with Crippen molar-refractivity contribution in [2.24, 2.45) is 5.92 Å². The van der Waals surface area contributed by atoms with Gasteiger partial charge in [-0.2, -0.15) is 4.31 Å². The molecule has 0 saturated carbocycles. The van der Waals surface area contributed by atoms with Crippen molar-refractivity contribution in [3.63, 3.8) is 0 Å². The van der Waals surface area contributed by atoms with Gasteiger partial charge >= 0.3 is 0 Å². The molecule has 2 aromatic carbocycles. The number of nitrogens with one attached hydrogen (secondary N) is 1. The van der Waals surface area contributed by atoms with Crippen LogP contribution in [-0.2, 0) is 21.4 Å². The van der Waals surface area contributed by atoms with Crippen molar-refractivity contribution in [1.29, 1.82) is 0 Å². The predicted octanol–water partition coefficient (Wildman–Crippen LogP) is 4.19. The van der Waals surface area contributed by atoms with E-state index in [2.05, 4.69) is 10.5 Å². The summed E-state index contributed by atoms with van der Waals surface area (Å²) < 4.78 is 39.1. The number of amides is 1. The summed E-state index contributed by atoms with van der Waals surface area (Å²) in [6.45, 7) is 4.49. The van der Waals surface area contributed by atoms with Crippen molar-refractivity contribution in [3.05, 3.63) is 76.7 Å². The fourth-order valence-corrected chi connectivity index (χ4v) is 6.03. The summed E-state index contributed by atoms with van der Waals surface area (Å²) in [5.74, 6) is 0.580. The fraction of sp³-hybridized carbons (Fsp3) is 0.333. The molecule has 1 fully saturated rings. The van der Waals surface area contributed by atoms with E-state index in [4.69, 9.17) is 9.26 Å². The van der Waals surface area contributed by atoms with Gasteiger partial charge in [0.05, 0.1) is 7.11 Å². The van der Waals surface area contributed by atoms with Gasteiger partial charge in [0.1, 0.15) is 11.4 Å². The van der Waals surface area contributed by atoms with Crippen LogP contribution in [0.5, 0.6) is 5.75 Å². The van der Waals surface area contributed by atoms with Crippen molar-refractivity contribution in [1.82, 2.24) is 14.8 Å². The lowest BCUT2D eigenvalue weighted by molar-refractivity contribution is -0.126. The summed E-state index contributed by atoms with van der Waals surface area (Å²) in [7, 11) is -2.23. The average molecular weight is 510 g/mol. The van der Waals surface area contributed by atoms with Gasteiger partial charge in [0, 0.05) is 31.1 Å². The number of carbonyl (C=O) groups excluding carboxylic acids is 1. The summed E-state index contributed by atoms with van der Waals surface area (Å²) in [4.78, 5) is 12.8. The normalized spacial score (nSPS) is 15.3. The molecule has 0 bridgehead atoms. The number of methoxy groups -OCH3 is 1. The van der Waals surface area contributed by atoms with E-state index in [0.29, 0.717) is 25.1 Å². The molecule has 1 aliphatic rings. The number of para-hydroxylation sites is 1. The van der Waals surface area contributed by atoms with E-state index < -0.39 is 10.0 Å². The Labute approximate surface area is 212 Å². The van der Waals surface area contributed by atoms with Crippen LogP contribution in [0.3, 0.4) is 0 Å². The first kappa shape index (κ1) is 25.7. The highest BCUT2D eigenvalue weighted by atomic mass is 32.2. The lowest BCUT2D eigenvalue weighted by Crippen LogP contribution is -2.43. The molecule has 1 aromatic heterocycles. The van der Waals surface area contributed by atoms with Crippen LogP contribution in [0.4, 0.5) is 0 Å². The van der Waals surface area contributed by atoms with Crippen molar-refractivity contribution < 1.29 is 22.5 Å². The number of hydrogen-bond donors (Lipinski definition) is 1. The summed E-state index contributed by atoms with van der Waals surface area (Å²) in [6.07, 6.45) is 4.32. The number of nitrogens with zero attached hydrogens (tertiary/aromatic N) is 2. The van der Waals surface area contributed by atoms with Crippen LogP contribution >= 0.6 is 0 Å². The number of benzene rings is 2. The van der Waals surface area contributed by atoms with E-state index in [1.807, 2.05) is 55.5 Å². The van der Waals surface area contributed by atoms with Crippen LogP contribution < -0.4 is 10.1 Å². The monoisotopic (exact) mass is 509 g/mol. The van der Waals surface area contributed by atoms with Gasteiger partial charge in [-0.25, -0.2) is 8.42 Å².